The Balaban J connectivity index is 1.98. The van der Waals surface area contributed by atoms with Gasteiger partial charge in [0.15, 0.2) is 0 Å². The molecule has 1 saturated heterocycles. The number of rotatable bonds is 2. The molecular formula is C14H19BrN2O2. The molecule has 0 bridgehead atoms. The van der Waals surface area contributed by atoms with Crippen LogP contribution < -0.4 is 5.32 Å². The van der Waals surface area contributed by atoms with E-state index >= 15 is 0 Å². The van der Waals surface area contributed by atoms with E-state index in [1.165, 1.54) is 0 Å². The molecule has 4 nitrogen and oxygen atoms in total. The molecule has 2 amide bonds. The maximum atomic E-state index is 12.1. The second-order valence-electron chi connectivity index (χ2n) is 5.03. The number of benzene rings is 1. The first-order chi connectivity index (χ1) is 9.10. The summed E-state index contributed by atoms with van der Waals surface area (Å²) < 4.78 is 1.03. The van der Waals surface area contributed by atoms with Crippen LogP contribution in [0.25, 0.3) is 0 Å². The van der Waals surface area contributed by atoms with Gasteiger partial charge in [-0.05, 0) is 49.4 Å². The normalized spacial score (nSPS) is 19.3. The fourth-order valence-corrected chi connectivity index (χ4v) is 2.57. The standard InChI is InChI=1S/C14H19BrN2O2/c1-10-7-12(4-5-13(10)15)16-14(19)17-6-2-3-11(8-17)9-18/h4-5,7,11,18H,2-3,6,8-9H2,1H3,(H,16,19). The summed E-state index contributed by atoms with van der Waals surface area (Å²) in [5, 5.41) is 12.1. The van der Waals surface area contributed by atoms with Gasteiger partial charge >= 0.3 is 6.03 Å². The Morgan fingerprint density at radius 2 is 2.37 bits per heavy atom. The molecule has 1 atom stereocenters. The van der Waals surface area contributed by atoms with Gasteiger partial charge < -0.3 is 15.3 Å². The van der Waals surface area contributed by atoms with E-state index in [0.717, 1.165) is 35.1 Å². The molecule has 0 aromatic heterocycles. The van der Waals surface area contributed by atoms with E-state index in [1.54, 1.807) is 4.90 Å². The number of hydrogen-bond acceptors (Lipinski definition) is 2. The van der Waals surface area contributed by atoms with Crippen molar-refractivity contribution in [2.45, 2.75) is 19.8 Å². The van der Waals surface area contributed by atoms with Crippen LogP contribution in [0, 0.1) is 12.8 Å². The minimum atomic E-state index is -0.0835. The van der Waals surface area contributed by atoms with Crippen LogP contribution in [0.3, 0.4) is 0 Å². The van der Waals surface area contributed by atoms with E-state index < -0.39 is 0 Å². The Hall–Kier alpha value is -1.07. The highest BCUT2D eigenvalue weighted by molar-refractivity contribution is 9.10. The number of aryl methyl sites for hydroxylation is 1. The van der Waals surface area contributed by atoms with E-state index in [2.05, 4.69) is 21.2 Å². The number of aliphatic hydroxyl groups excluding tert-OH is 1. The summed E-state index contributed by atoms with van der Waals surface area (Å²) in [5.74, 6) is 0.214. The van der Waals surface area contributed by atoms with Gasteiger partial charge in [-0.2, -0.15) is 0 Å². The lowest BCUT2D eigenvalue weighted by Crippen LogP contribution is -2.43. The number of carbonyl (C=O) groups excluding carboxylic acids is 1. The lowest BCUT2D eigenvalue weighted by atomic mass is 9.99. The highest BCUT2D eigenvalue weighted by atomic mass is 79.9. The van der Waals surface area contributed by atoms with Crippen LogP contribution in [0.5, 0.6) is 0 Å². The first-order valence-corrected chi connectivity index (χ1v) is 7.32. The molecule has 1 aromatic rings. The van der Waals surface area contributed by atoms with Crippen LogP contribution >= 0.6 is 15.9 Å². The zero-order chi connectivity index (χ0) is 13.8. The molecule has 19 heavy (non-hydrogen) atoms. The number of aliphatic hydroxyl groups is 1. The third kappa shape index (κ3) is 3.70. The quantitative estimate of drug-likeness (QED) is 0.877. The van der Waals surface area contributed by atoms with Crippen LogP contribution in [0.4, 0.5) is 10.5 Å². The van der Waals surface area contributed by atoms with Crippen molar-refractivity contribution in [1.29, 1.82) is 0 Å². The molecule has 2 rings (SSSR count). The fourth-order valence-electron chi connectivity index (χ4n) is 2.32. The van der Waals surface area contributed by atoms with Gasteiger partial charge in [-0.25, -0.2) is 4.79 Å². The van der Waals surface area contributed by atoms with Gasteiger partial charge in [-0.15, -0.1) is 0 Å². The van der Waals surface area contributed by atoms with Crippen LogP contribution in [-0.4, -0.2) is 35.7 Å². The van der Waals surface area contributed by atoms with Gasteiger partial charge in [0.25, 0.3) is 0 Å². The lowest BCUT2D eigenvalue weighted by molar-refractivity contribution is 0.136. The SMILES string of the molecule is Cc1cc(NC(=O)N2CCCC(CO)C2)ccc1Br. The van der Waals surface area contributed by atoms with E-state index in [0.29, 0.717) is 6.54 Å². The van der Waals surface area contributed by atoms with E-state index in [4.69, 9.17) is 0 Å². The zero-order valence-corrected chi connectivity index (χ0v) is 12.6. The molecule has 1 aromatic carbocycles. The smallest absolute Gasteiger partial charge is 0.321 e. The van der Waals surface area contributed by atoms with E-state index in [-0.39, 0.29) is 18.6 Å². The third-order valence-corrected chi connectivity index (χ3v) is 4.36. The van der Waals surface area contributed by atoms with Gasteiger partial charge in [0.05, 0.1) is 0 Å². The van der Waals surface area contributed by atoms with Gasteiger partial charge in [0, 0.05) is 29.9 Å². The summed E-state index contributed by atoms with van der Waals surface area (Å²) in [4.78, 5) is 13.9. The highest BCUT2D eigenvalue weighted by Crippen LogP contribution is 2.21. The summed E-state index contributed by atoms with van der Waals surface area (Å²) in [6, 6.07) is 5.66. The molecule has 2 N–H and O–H groups in total. The maximum absolute atomic E-state index is 12.1. The number of halogens is 1. The molecule has 1 unspecified atom stereocenters. The number of nitrogens with one attached hydrogen (secondary N) is 1. The van der Waals surface area contributed by atoms with Crippen molar-refractivity contribution < 1.29 is 9.90 Å². The van der Waals surface area contributed by atoms with Crippen molar-refractivity contribution in [2.24, 2.45) is 5.92 Å². The second-order valence-corrected chi connectivity index (χ2v) is 5.89. The zero-order valence-electron chi connectivity index (χ0n) is 11.0. The molecule has 1 fully saturated rings. The second kappa shape index (κ2) is 6.39. The summed E-state index contributed by atoms with van der Waals surface area (Å²) in [6.45, 7) is 3.54. The number of urea groups is 1. The van der Waals surface area contributed by atoms with Crippen LogP contribution in [0.2, 0.25) is 0 Å². The Morgan fingerprint density at radius 3 is 3.05 bits per heavy atom. The number of nitrogens with zero attached hydrogens (tertiary/aromatic N) is 1. The van der Waals surface area contributed by atoms with Crippen molar-refractivity contribution in [3.05, 3.63) is 28.2 Å². The number of piperidine rings is 1. The third-order valence-electron chi connectivity index (χ3n) is 3.47. The van der Waals surface area contributed by atoms with Crippen molar-refractivity contribution in [3.63, 3.8) is 0 Å². The summed E-state index contributed by atoms with van der Waals surface area (Å²) in [5.41, 5.74) is 1.89. The van der Waals surface area contributed by atoms with Crippen LogP contribution in [0.1, 0.15) is 18.4 Å². The highest BCUT2D eigenvalue weighted by Gasteiger charge is 2.23. The number of hydrogen-bond donors (Lipinski definition) is 2. The van der Waals surface area contributed by atoms with Crippen LogP contribution in [0.15, 0.2) is 22.7 Å². The number of carbonyl (C=O) groups is 1. The van der Waals surface area contributed by atoms with Gasteiger partial charge in [-0.3, -0.25) is 0 Å². The fraction of sp³-hybridized carbons (Fsp3) is 0.500. The molecule has 0 saturated carbocycles. The average molecular weight is 327 g/mol. The molecule has 1 aliphatic heterocycles. The topological polar surface area (TPSA) is 52.6 Å². The Morgan fingerprint density at radius 1 is 1.58 bits per heavy atom. The number of amides is 2. The van der Waals surface area contributed by atoms with E-state index in [9.17, 15) is 9.90 Å². The Bertz CT molecular complexity index is 465. The minimum Gasteiger partial charge on any atom is -0.396 e. The maximum Gasteiger partial charge on any atom is 0.321 e. The first kappa shape index (κ1) is 14.3. The molecule has 104 valence electrons. The summed E-state index contributed by atoms with van der Waals surface area (Å²) in [6.07, 6.45) is 1.95. The number of likely N-dealkylation sites (tertiary alicyclic amines) is 1. The average Bonchev–Trinajstić information content (AvgIpc) is 2.43. The predicted molar refractivity (Wildman–Crippen MR) is 79.3 cm³/mol. The van der Waals surface area contributed by atoms with Gasteiger partial charge in [-0.1, -0.05) is 15.9 Å². The molecule has 0 spiro atoms. The van der Waals surface area contributed by atoms with E-state index in [1.807, 2.05) is 25.1 Å². The molecule has 1 aliphatic rings. The molecular weight excluding hydrogens is 308 g/mol. The van der Waals surface area contributed by atoms with Crippen molar-refractivity contribution in [1.82, 2.24) is 4.90 Å². The van der Waals surface area contributed by atoms with Crippen molar-refractivity contribution in [3.8, 4) is 0 Å². The molecule has 1 heterocycles. The Kier molecular flexibility index (Phi) is 4.82. The van der Waals surface area contributed by atoms with Gasteiger partial charge in [0.1, 0.15) is 0 Å². The monoisotopic (exact) mass is 326 g/mol. The summed E-state index contributed by atoms with van der Waals surface area (Å²) >= 11 is 3.44. The number of anilines is 1. The minimum absolute atomic E-state index is 0.0835. The van der Waals surface area contributed by atoms with Crippen LogP contribution in [-0.2, 0) is 0 Å². The molecule has 5 heteroatoms. The summed E-state index contributed by atoms with van der Waals surface area (Å²) in [7, 11) is 0. The largest absolute Gasteiger partial charge is 0.396 e. The lowest BCUT2D eigenvalue weighted by Gasteiger charge is -2.31. The molecule has 0 aliphatic carbocycles. The Labute approximate surface area is 121 Å². The molecule has 0 radical (unpaired) electrons. The predicted octanol–water partition coefficient (Wildman–Crippen LogP) is 2.99. The van der Waals surface area contributed by atoms with Crippen molar-refractivity contribution >= 4 is 27.6 Å². The first-order valence-electron chi connectivity index (χ1n) is 6.53. The van der Waals surface area contributed by atoms with Gasteiger partial charge in [0.2, 0.25) is 0 Å². The van der Waals surface area contributed by atoms with Crippen molar-refractivity contribution in [2.75, 3.05) is 25.0 Å².